The first-order chi connectivity index (χ1) is 19.5. The molecule has 0 atom stereocenters. The molecule has 0 aromatic heterocycles. The summed E-state index contributed by atoms with van der Waals surface area (Å²) >= 11 is 3.14. The van der Waals surface area contributed by atoms with Gasteiger partial charge in [-0.05, 0) is 11.6 Å². The van der Waals surface area contributed by atoms with Crippen molar-refractivity contribution in [2.24, 2.45) is 0 Å². The third-order valence-corrected chi connectivity index (χ3v) is 5.68. The van der Waals surface area contributed by atoms with Crippen LogP contribution in [-0.4, -0.2) is 88.6 Å². The smallest absolute Gasteiger partial charge is 0.192 e. The molecule has 0 saturated heterocycles. The van der Waals surface area contributed by atoms with E-state index in [9.17, 15) is 136 Å². The van der Waals surface area contributed by atoms with E-state index in [1.807, 2.05) is 0 Å². The Balaban J connectivity index is 7.61. The lowest BCUT2D eigenvalue weighted by Crippen LogP contribution is -2.79. The second-order valence-electron chi connectivity index (χ2n) is 8.46. The predicted octanol–water partition coefficient (Wildman–Crippen LogP) is 10.6. The first-order valence-corrected chi connectivity index (χ1v) is 9.93. The Kier molecular flexibility index (Phi) is 10.1. The maximum absolute atomic E-state index is 13.6. The van der Waals surface area contributed by atoms with Crippen LogP contribution in [0.4, 0.5) is 136 Å². The maximum atomic E-state index is 13.6. The van der Waals surface area contributed by atoms with Crippen molar-refractivity contribution in [1.82, 2.24) is 0 Å². The highest BCUT2D eigenvalue weighted by Gasteiger charge is 3.01. The number of halogens is 32. The van der Waals surface area contributed by atoms with Crippen molar-refractivity contribution >= 4 is 11.6 Å². The molecule has 47 heavy (non-hydrogen) atoms. The Bertz CT molecular complexity index is 1060. The molecule has 32 heteroatoms. The fourth-order valence-corrected chi connectivity index (χ4v) is 2.64. The molecule has 0 saturated carbocycles. The Morgan fingerprint density at radius 3 is 0.383 bits per heavy atom. The minimum atomic E-state index is -10.1. The van der Waals surface area contributed by atoms with Gasteiger partial charge in [-0.15, -0.1) is 0 Å². The Morgan fingerprint density at radius 2 is 0.277 bits per heavy atom. The van der Waals surface area contributed by atoms with Gasteiger partial charge in [-0.25, -0.2) is 0 Å². The molecule has 0 aliphatic rings. The third kappa shape index (κ3) is 5.08. The van der Waals surface area contributed by atoms with Gasteiger partial charge in [0.15, 0.2) is 0 Å². The number of rotatable bonds is 13. The van der Waals surface area contributed by atoms with Crippen molar-refractivity contribution in [3.8, 4) is 0 Å². The number of alkyl halides is 32. The van der Waals surface area contributed by atoms with Crippen LogP contribution in [0.2, 0.25) is 0 Å². The van der Waals surface area contributed by atoms with E-state index < -0.39 is 88.6 Å². The van der Waals surface area contributed by atoms with Gasteiger partial charge >= 0.3 is 88.6 Å². The molecule has 284 valence electrons. The van der Waals surface area contributed by atoms with Crippen molar-refractivity contribution in [1.29, 1.82) is 0 Å². The zero-order valence-corrected chi connectivity index (χ0v) is 20.4. The Hall–Kier alpha value is -1.88. The summed E-state index contributed by atoms with van der Waals surface area (Å²) in [6, 6.07) is 0. The zero-order valence-electron chi connectivity index (χ0n) is 19.6. The van der Waals surface area contributed by atoms with E-state index in [1.165, 1.54) is 0 Å². The van der Waals surface area contributed by atoms with Gasteiger partial charge in [0.25, 0.3) is 0 Å². The summed E-state index contributed by atoms with van der Waals surface area (Å²) in [6.45, 7) is 0. The molecule has 0 aromatic rings. The average Bonchev–Trinajstić information content (AvgIpc) is 2.80. The molecule has 0 radical (unpaired) electrons. The summed E-state index contributed by atoms with van der Waals surface area (Å²) in [4.78, 5) is 0. The van der Waals surface area contributed by atoms with Crippen LogP contribution in [0.15, 0.2) is 0 Å². The zero-order chi connectivity index (χ0) is 39.5. The second kappa shape index (κ2) is 10.6. The molecular formula is C15ClF31. The summed E-state index contributed by atoms with van der Waals surface area (Å²) in [7, 11) is 0. The molecule has 0 heterocycles. The lowest BCUT2D eigenvalue weighted by Gasteiger charge is -2.46. The maximum Gasteiger partial charge on any atom is 0.460 e. The van der Waals surface area contributed by atoms with E-state index >= 15 is 0 Å². The van der Waals surface area contributed by atoms with Crippen LogP contribution in [0.3, 0.4) is 0 Å². The third-order valence-electron chi connectivity index (χ3n) is 5.44. The van der Waals surface area contributed by atoms with E-state index in [0.717, 1.165) is 0 Å². The van der Waals surface area contributed by atoms with Gasteiger partial charge in [-0.3, -0.25) is 0 Å². The predicted molar refractivity (Wildman–Crippen MR) is 81.2 cm³/mol. The van der Waals surface area contributed by atoms with Gasteiger partial charge in [0, 0.05) is 0 Å². The van der Waals surface area contributed by atoms with Crippen LogP contribution in [0.1, 0.15) is 0 Å². The normalized spacial score (nSPS) is 17.4. The van der Waals surface area contributed by atoms with Crippen molar-refractivity contribution in [3.05, 3.63) is 0 Å². The minimum absolute atomic E-state index is 3.14. The molecule has 0 fully saturated rings. The molecule has 0 spiro atoms. The summed E-state index contributed by atoms with van der Waals surface area (Å²) in [5, 5.41) is -7.38. The van der Waals surface area contributed by atoms with Gasteiger partial charge in [-0.2, -0.15) is 136 Å². The SMILES string of the molecule is FC(F)(F)C(F)(F)C(F)(F)C(F)(F)C(F)(F)C(F)(F)C(F)(F)C(F)(F)C(F)(F)C(F)(F)C(F)(F)C(F)(F)C(F)(F)C(F)(F)C(F)(F)Cl. The minimum Gasteiger partial charge on any atom is -0.192 e. The van der Waals surface area contributed by atoms with Gasteiger partial charge in [0.05, 0.1) is 0 Å². The molecule has 0 bridgehead atoms. The second-order valence-corrected chi connectivity index (χ2v) is 8.94. The van der Waals surface area contributed by atoms with Crippen molar-refractivity contribution < 1.29 is 136 Å². The molecule has 0 nitrogen and oxygen atoms in total. The van der Waals surface area contributed by atoms with E-state index in [1.54, 1.807) is 0 Å². The Morgan fingerprint density at radius 1 is 0.170 bits per heavy atom. The summed E-state index contributed by atoms with van der Waals surface area (Å²) in [6.07, 6.45) is -8.34. The summed E-state index contributed by atoms with van der Waals surface area (Å²) in [5.41, 5.74) is 0. The van der Waals surface area contributed by atoms with Gasteiger partial charge in [0.2, 0.25) is 0 Å². The molecule has 0 amide bonds. The van der Waals surface area contributed by atoms with Crippen LogP contribution >= 0.6 is 11.6 Å². The van der Waals surface area contributed by atoms with Crippen molar-refractivity contribution in [2.45, 2.75) is 88.6 Å². The van der Waals surface area contributed by atoms with Gasteiger partial charge in [0.1, 0.15) is 0 Å². The van der Waals surface area contributed by atoms with Crippen LogP contribution < -0.4 is 0 Å². The highest BCUT2D eigenvalue weighted by molar-refractivity contribution is 6.22. The van der Waals surface area contributed by atoms with Gasteiger partial charge in [-0.1, -0.05) is 0 Å². The molecule has 0 rings (SSSR count). The summed E-state index contributed by atoms with van der Waals surface area (Å²) < 4.78 is 408. The van der Waals surface area contributed by atoms with Crippen LogP contribution in [0, 0.1) is 0 Å². The van der Waals surface area contributed by atoms with E-state index in [-0.39, 0.29) is 0 Å². The molecule has 0 aliphatic heterocycles. The van der Waals surface area contributed by atoms with E-state index in [4.69, 9.17) is 0 Å². The highest BCUT2D eigenvalue weighted by Crippen LogP contribution is 2.69. The van der Waals surface area contributed by atoms with E-state index in [2.05, 4.69) is 11.6 Å². The first-order valence-electron chi connectivity index (χ1n) is 9.55. The number of hydrogen-bond acceptors (Lipinski definition) is 0. The fraction of sp³-hybridized carbons (Fsp3) is 1.00. The van der Waals surface area contributed by atoms with Gasteiger partial charge < -0.3 is 0 Å². The topological polar surface area (TPSA) is 0 Å². The molecule has 0 unspecified atom stereocenters. The fourth-order valence-electron chi connectivity index (χ4n) is 2.52. The molecule has 0 aliphatic carbocycles. The van der Waals surface area contributed by atoms with E-state index in [0.29, 0.717) is 0 Å². The van der Waals surface area contributed by atoms with Crippen molar-refractivity contribution in [3.63, 3.8) is 0 Å². The average molecular weight is 805 g/mol. The molecule has 0 N–H and O–H groups in total. The largest absolute Gasteiger partial charge is 0.460 e. The molecule has 0 aromatic carbocycles. The summed E-state index contributed by atoms with van der Waals surface area (Å²) in [5.74, 6) is -124. The monoisotopic (exact) mass is 804 g/mol. The lowest BCUT2D eigenvalue weighted by molar-refractivity contribution is -0.488. The standard InChI is InChI=1S/C15ClF31/c16-14(43,44)12(39,40)10(35,36)8(31,32)6(27,28)4(23,24)2(19,20)1(17,18)3(21,22)5(25,26)7(29,30)9(33,34)11(37,38)13(41,42)15(45,46)47. The Labute approximate surface area is 237 Å². The highest BCUT2D eigenvalue weighted by atomic mass is 35.5. The van der Waals surface area contributed by atoms with Crippen LogP contribution in [0.25, 0.3) is 0 Å². The first kappa shape index (κ1) is 45.1. The molecular weight excluding hydrogens is 805 g/mol. The lowest BCUT2D eigenvalue weighted by atomic mass is 9.83. The van der Waals surface area contributed by atoms with Crippen LogP contribution in [-0.2, 0) is 0 Å². The quantitative estimate of drug-likeness (QED) is 0.129. The van der Waals surface area contributed by atoms with Crippen molar-refractivity contribution in [2.75, 3.05) is 0 Å². The number of hydrogen-bond donors (Lipinski definition) is 0. The van der Waals surface area contributed by atoms with Crippen LogP contribution in [0.5, 0.6) is 0 Å².